The number of nitrogens with zero attached hydrogens (tertiary/aromatic N) is 3. The molecule has 0 bridgehead atoms. The Morgan fingerprint density at radius 1 is 1.33 bits per heavy atom. The third kappa shape index (κ3) is 3.00. The number of aromatic nitrogens is 3. The number of anilines is 1. The van der Waals surface area contributed by atoms with Crippen LogP contribution in [-0.2, 0) is 4.79 Å². The number of amides is 2. The predicted molar refractivity (Wildman–Crippen MR) is 60.7 cm³/mol. The Bertz CT molecular complexity index is 476. The van der Waals surface area contributed by atoms with Crippen LogP contribution in [0.4, 0.5) is 10.7 Å². The van der Waals surface area contributed by atoms with E-state index in [1.165, 1.54) is 12.4 Å². The van der Waals surface area contributed by atoms with E-state index >= 15 is 0 Å². The van der Waals surface area contributed by atoms with Gasteiger partial charge in [0.25, 0.3) is 5.95 Å². The number of carboxylic acids is 1. The lowest BCUT2D eigenvalue weighted by atomic mass is 10.1. The summed E-state index contributed by atoms with van der Waals surface area (Å²) in [4.78, 5) is 26.0. The quantitative estimate of drug-likeness (QED) is 0.650. The van der Waals surface area contributed by atoms with Crippen LogP contribution in [0, 0.1) is 5.92 Å². The maximum Gasteiger partial charge on any atom is 0.322 e. The van der Waals surface area contributed by atoms with Crippen molar-refractivity contribution in [3.63, 3.8) is 0 Å². The minimum absolute atomic E-state index is 0.0896. The number of aliphatic carboxylic acids is 1. The molecule has 0 aliphatic heterocycles. The SMILES string of the molecule is O=C(Nc1nccnn1)NC1C=CC(C(=O)O)C1. The number of hydrogen-bond donors (Lipinski definition) is 3. The minimum Gasteiger partial charge on any atom is -0.481 e. The molecule has 1 aliphatic rings. The van der Waals surface area contributed by atoms with Crippen LogP contribution in [0.3, 0.4) is 0 Å². The highest BCUT2D eigenvalue weighted by molar-refractivity contribution is 5.87. The molecule has 3 N–H and O–H groups in total. The summed E-state index contributed by atoms with van der Waals surface area (Å²) in [6, 6.07) is -0.800. The van der Waals surface area contributed by atoms with Gasteiger partial charge in [-0.3, -0.25) is 10.1 Å². The van der Waals surface area contributed by atoms with Crippen LogP contribution in [-0.4, -0.2) is 38.3 Å². The molecule has 2 atom stereocenters. The average Bonchev–Trinajstić information content (AvgIpc) is 2.78. The number of rotatable bonds is 3. The van der Waals surface area contributed by atoms with E-state index in [9.17, 15) is 9.59 Å². The van der Waals surface area contributed by atoms with Gasteiger partial charge in [0, 0.05) is 0 Å². The highest BCUT2D eigenvalue weighted by Crippen LogP contribution is 2.17. The summed E-state index contributed by atoms with van der Waals surface area (Å²) in [5.41, 5.74) is 0. The minimum atomic E-state index is -0.897. The van der Waals surface area contributed by atoms with Gasteiger partial charge in [-0.15, -0.1) is 5.10 Å². The molecule has 2 unspecified atom stereocenters. The smallest absolute Gasteiger partial charge is 0.322 e. The van der Waals surface area contributed by atoms with Crippen molar-refractivity contribution < 1.29 is 14.7 Å². The maximum atomic E-state index is 11.5. The largest absolute Gasteiger partial charge is 0.481 e. The Morgan fingerprint density at radius 3 is 2.78 bits per heavy atom. The summed E-state index contributed by atoms with van der Waals surface area (Å²) in [6.45, 7) is 0. The van der Waals surface area contributed by atoms with Crippen molar-refractivity contribution >= 4 is 17.9 Å². The highest BCUT2D eigenvalue weighted by Gasteiger charge is 2.25. The van der Waals surface area contributed by atoms with E-state index in [-0.39, 0.29) is 12.0 Å². The summed E-state index contributed by atoms with van der Waals surface area (Å²) in [5.74, 6) is -1.36. The van der Waals surface area contributed by atoms with Crippen molar-refractivity contribution in [2.75, 3.05) is 5.32 Å². The summed E-state index contributed by atoms with van der Waals surface area (Å²) < 4.78 is 0. The highest BCUT2D eigenvalue weighted by atomic mass is 16.4. The van der Waals surface area contributed by atoms with Crippen LogP contribution >= 0.6 is 0 Å². The summed E-state index contributed by atoms with van der Waals surface area (Å²) >= 11 is 0. The van der Waals surface area contributed by atoms with Gasteiger partial charge in [-0.1, -0.05) is 12.2 Å². The van der Waals surface area contributed by atoms with Crippen LogP contribution in [0.5, 0.6) is 0 Å². The third-order valence-electron chi connectivity index (χ3n) is 2.43. The molecule has 0 spiro atoms. The molecule has 1 aromatic rings. The Morgan fingerprint density at radius 2 is 2.17 bits per heavy atom. The molecule has 1 heterocycles. The van der Waals surface area contributed by atoms with Gasteiger partial charge in [-0.05, 0) is 6.42 Å². The first-order valence-corrected chi connectivity index (χ1v) is 5.27. The fourth-order valence-corrected chi connectivity index (χ4v) is 1.60. The summed E-state index contributed by atoms with van der Waals surface area (Å²) in [5, 5.41) is 20.9. The lowest BCUT2D eigenvalue weighted by Crippen LogP contribution is -2.37. The first-order chi connectivity index (χ1) is 8.65. The Kier molecular flexibility index (Phi) is 3.46. The topological polar surface area (TPSA) is 117 Å². The van der Waals surface area contributed by atoms with Crippen LogP contribution in [0.25, 0.3) is 0 Å². The Balaban J connectivity index is 1.83. The van der Waals surface area contributed by atoms with E-state index in [0.717, 1.165) is 0 Å². The van der Waals surface area contributed by atoms with E-state index in [1.54, 1.807) is 12.2 Å². The van der Waals surface area contributed by atoms with Crippen LogP contribution in [0.1, 0.15) is 6.42 Å². The second-order valence-electron chi connectivity index (χ2n) is 3.74. The zero-order chi connectivity index (χ0) is 13.0. The van der Waals surface area contributed by atoms with Crippen molar-refractivity contribution in [3.8, 4) is 0 Å². The number of carbonyl (C=O) groups excluding carboxylic acids is 1. The Hall–Kier alpha value is -2.51. The van der Waals surface area contributed by atoms with Crippen molar-refractivity contribution in [3.05, 3.63) is 24.5 Å². The van der Waals surface area contributed by atoms with Gasteiger partial charge in [-0.25, -0.2) is 9.78 Å². The molecule has 8 nitrogen and oxygen atoms in total. The van der Waals surface area contributed by atoms with Crippen molar-refractivity contribution in [1.82, 2.24) is 20.5 Å². The molecule has 8 heteroatoms. The van der Waals surface area contributed by atoms with Crippen LogP contribution in [0.2, 0.25) is 0 Å². The van der Waals surface area contributed by atoms with Crippen LogP contribution < -0.4 is 10.6 Å². The molecule has 1 aliphatic carbocycles. The average molecular weight is 249 g/mol. The second kappa shape index (κ2) is 5.21. The second-order valence-corrected chi connectivity index (χ2v) is 3.74. The van der Waals surface area contributed by atoms with Crippen molar-refractivity contribution in [1.29, 1.82) is 0 Å². The lowest BCUT2D eigenvalue weighted by molar-refractivity contribution is -0.140. The first kappa shape index (κ1) is 12.0. The van der Waals surface area contributed by atoms with E-state index in [1.807, 2.05) is 0 Å². The monoisotopic (exact) mass is 249 g/mol. The molecule has 1 aromatic heterocycles. The van der Waals surface area contributed by atoms with Gasteiger partial charge in [0.2, 0.25) is 0 Å². The molecule has 94 valence electrons. The van der Waals surface area contributed by atoms with Crippen molar-refractivity contribution in [2.24, 2.45) is 5.92 Å². The molecule has 0 radical (unpaired) electrons. The zero-order valence-electron chi connectivity index (χ0n) is 9.28. The molecule has 18 heavy (non-hydrogen) atoms. The first-order valence-electron chi connectivity index (χ1n) is 5.27. The Labute approximate surface area is 102 Å². The maximum absolute atomic E-state index is 11.5. The van der Waals surface area contributed by atoms with Gasteiger partial charge in [0.15, 0.2) is 0 Å². The zero-order valence-corrected chi connectivity index (χ0v) is 9.28. The summed E-state index contributed by atoms with van der Waals surface area (Å²) in [7, 11) is 0. The third-order valence-corrected chi connectivity index (χ3v) is 2.43. The number of nitrogens with one attached hydrogen (secondary N) is 2. The van der Waals surface area contributed by atoms with Crippen LogP contribution in [0.15, 0.2) is 24.5 Å². The van der Waals surface area contributed by atoms with Gasteiger partial charge in [-0.2, -0.15) is 5.10 Å². The van der Waals surface area contributed by atoms with Gasteiger partial charge >= 0.3 is 12.0 Å². The fourth-order valence-electron chi connectivity index (χ4n) is 1.60. The predicted octanol–water partition coefficient (Wildman–Crippen LogP) is 0.0224. The normalized spacial score (nSPS) is 21.6. The van der Waals surface area contributed by atoms with E-state index in [0.29, 0.717) is 6.42 Å². The lowest BCUT2D eigenvalue weighted by Gasteiger charge is -2.11. The fraction of sp³-hybridized carbons (Fsp3) is 0.300. The number of carboxylic acid groups (broad SMARTS) is 1. The molecule has 0 saturated carbocycles. The number of urea groups is 1. The molecular weight excluding hydrogens is 238 g/mol. The molecule has 2 rings (SSSR count). The molecule has 2 amide bonds. The van der Waals surface area contributed by atoms with E-state index in [4.69, 9.17) is 5.11 Å². The van der Waals surface area contributed by atoms with E-state index in [2.05, 4.69) is 25.8 Å². The number of carbonyl (C=O) groups is 2. The molecule has 0 saturated heterocycles. The van der Waals surface area contributed by atoms with Gasteiger partial charge < -0.3 is 10.4 Å². The standard InChI is InChI=1S/C10H11N5O3/c16-8(17)6-1-2-7(5-6)13-10(18)14-9-11-3-4-12-15-9/h1-4,6-7H,5H2,(H,16,17)(H2,11,13,14,15,18). The van der Waals surface area contributed by atoms with Gasteiger partial charge in [0.05, 0.1) is 24.4 Å². The van der Waals surface area contributed by atoms with Crippen molar-refractivity contribution in [2.45, 2.75) is 12.5 Å². The number of hydrogen-bond acceptors (Lipinski definition) is 5. The molecule has 0 fully saturated rings. The summed E-state index contributed by atoms with van der Waals surface area (Å²) in [6.07, 6.45) is 6.35. The van der Waals surface area contributed by atoms with E-state index < -0.39 is 17.9 Å². The van der Waals surface area contributed by atoms with Gasteiger partial charge in [0.1, 0.15) is 0 Å². The molecule has 0 aromatic carbocycles. The molecular formula is C10H11N5O3.